The zero-order valence-electron chi connectivity index (χ0n) is 22.7. The van der Waals surface area contributed by atoms with Crippen LogP contribution >= 0.6 is 0 Å². The molecular formula is C34H34N2O3. The van der Waals surface area contributed by atoms with Crippen molar-refractivity contribution in [3.8, 4) is 5.75 Å². The fraction of sp³-hybridized carbons (Fsp3) is 0.235. The summed E-state index contributed by atoms with van der Waals surface area (Å²) in [6, 6.07) is 33.4. The number of hydrogen-bond donors (Lipinski definition) is 0. The first-order valence-electron chi connectivity index (χ1n) is 13.4. The van der Waals surface area contributed by atoms with Crippen molar-refractivity contribution in [3.05, 3.63) is 137 Å². The van der Waals surface area contributed by atoms with Crippen molar-refractivity contribution in [2.45, 2.75) is 39.0 Å². The van der Waals surface area contributed by atoms with Crippen LogP contribution in [0.25, 0.3) is 0 Å². The highest BCUT2D eigenvalue weighted by Gasteiger charge is 2.33. The standard InChI is InChI=1S/C34H34N2O3/c1-24-11-10-16-29(21-24)32-31-22-30(39-25(2)33(37)35(3)23-26-12-6-4-7-13-26)18-17-27(31)19-20-36(32)34(38)28-14-8-5-9-15-28/h4-18,21-22,25,32H,19-20,23H2,1-3H3/t25-,32-/m1/s1. The van der Waals surface area contributed by atoms with Gasteiger partial charge in [0.15, 0.2) is 6.10 Å². The van der Waals surface area contributed by atoms with Crippen molar-refractivity contribution >= 4 is 11.8 Å². The van der Waals surface area contributed by atoms with Crippen molar-refractivity contribution in [2.75, 3.05) is 13.6 Å². The highest BCUT2D eigenvalue weighted by Crippen LogP contribution is 2.38. The molecule has 1 aliphatic heterocycles. The molecule has 5 rings (SSSR count). The molecule has 198 valence electrons. The second-order valence-electron chi connectivity index (χ2n) is 10.2. The predicted octanol–water partition coefficient (Wildman–Crippen LogP) is 6.21. The van der Waals surface area contributed by atoms with Crippen LogP contribution in [0.1, 0.15) is 51.1 Å². The fourth-order valence-corrected chi connectivity index (χ4v) is 5.33. The minimum atomic E-state index is -0.653. The van der Waals surface area contributed by atoms with E-state index in [-0.39, 0.29) is 17.9 Å². The van der Waals surface area contributed by atoms with Gasteiger partial charge in [-0.1, -0.05) is 84.4 Å². The van der Waals surface area contributed by atoms with Gasteiger partial charge in [0.2, 0.25) is 0 Å². The Morgan fingerprint density at radius 1 is 0.923 bits per heavy atom. The van der Waals surface area contributed by atoms with E-state index in [0.717, 1.165) is 28.7 Å². The first kappa shape index (κ1) is 26.2. The Labute approximate surface area is 230 Å². The maximum absolute atomic E-state index is 13.7. The number of amides is 2. The molecule has 5 heteroatoms. The van der Waals surface area contributed by atoms with Gasteiger partial charge in [-0.25, -0.2) is 0 Å². The van der Waals surface area contributed by atoms with Crippen molar-refractivity contribution in [1.82, 2.24) is 9.80 Å². The Morgan fingerprint density at radius 3 is 2.36 bits per heavy atom. The lowest BCUT2D eigenvalue weighted by molar-refractivity contribution is -0.137. The molecule has 2 amide bonds. The van der Waals surface area contributed by atoms with E-state index in [4.69, 9.17) is 4.74 Å². The Balaban J connectivity index is 1.43. The minimum Gasteiger partial charge on any atom is -0.481 e. The molecule has 4 aromatic rings. The van der Waals surface area contributed by atoms with Crippen LogP contribution in [-0.4, -0.2) is 41.3 Å². The number of carbonyl (C=O) groups is 2. The average molecular weight is 519 g/mol. The van der Waals surface area contributed by atoms with E-state index in [1.807, 2.05) is 83.8 Å². The lowest BCUT2D eigenvalue weighted by atomic mass is 9.87. The van der Waals surface area contributed by atoms with Gasteiger partial charge in [0.25, 0.3) is 11.8 Å². The van der Waals surface area contributed by atoms with Crippen LogP contribution in [0.5, 0.6) is 5.75 Å². The summed E-state index contributed by atoms with van der Waals surface area (Å²) in [6.07, 6.45) is 0.102. The van der Waals surface area contributed by atoms with Crippen LogP contribution in [0, 0.1) is 6.92 Å². The molecule has 39 heavy (non-hydrogen) atoms. The summed E-state index contributed by atoms with van der Waals surface area (Å²) in [5.41, 5.74) is 6.16. The van der Waals surface area contributed by atoms with Gasteiger partial charge in [-0.15, -0.1) is 0 Å². The lowest BCUT2D eigenvalue weighted by Crippen LogP contribution is -2.41. The minimum absolute atomic E-state index is 0.00478. The normalized spacial score (nSPS) is 15.3. The van der Waals surface area contributed by atoms with Gasteiger partial charge in [-0.2, -0.15) is 0 Å². The SMILES string of the molecule is Cc1cccc([C@@H]2c3cc(O[C@H](C)C(=O)N(C)Cc4ccccc4)ccc3CCN2C(=O)c2ccccc2)c1. The quantitative estimate of drug-likeness (QED) is 0.292. The Morgan fingerprint density at radius 2 is 1.64 bits per heavy atom. The summed E-state index contributed by atoms with van der Waals surface area (Å²) in [6.45, 7) is 4.99. The zero-order valence-corrected chi connectivity index (χ0v) is 22.7. The van der Waals surface area contributed by atoms with Crippen LogP contribution in [0.3, 0.4) is 0 Å². The van der Waals surface area contributed by atoms with E-state index < -0.39 is 6.10 Å². The summed E-state index contributed by atoms with van der Waals surface area (Å²) in [7, 11) is 1.79. The second-order valence-corrected chi connectivity index (χ2v) is 10.2. The van der Waals surface area contributed by atoms with Crippen LogP contribution < -0.4 is 4.74 Å². The van der Waals surface area contributed by atoms with E-state index in [1.165, 1.54) is 5.56 Å². The fourth-order valence-electron chi connectivity index (χ4n) is 5.33. The van der Waals surface area contributed by atoms with Crippen molar-refractivity contribution in [2.24, 2.45) is 0 Å². The van der Waals surface area contributed by atoms with E-state index in [9.17, 15) is 9.59 Å². The maximum Gasteiger partial charge on any atom is 0.263 e. The molecule has 0 aromatic heterocycles. The molecule has 0 fully saturated rings. The van der Waals surface area contributed by atoms with Crippen molar-refractivity contribution in [3.63, 3.8) is 0 Å². The van der Waals surface area contributed by atoms with Crippen molar-refractivity contribution in [1.29, 1.82) is 0 Å². The molecule has 0 radical (unpaired) electrons. The number of rotatable bonds is 7. The number of ether oxygens (including phenoxy) is 1. The molecule has 0 N–H and O–H groups in total. The van der Waals surface area contributed by atoms with Gasteiger partial charge in [0, 0.05) is 25.7 Å². The average Bonchev–Trinajstić information content (AvgIpc) is 2.96. The van der Waals surface area contributed by atoms with E-state index in [2.05, 4.69) is 31.2 Å². The lowest BCUT2D eigenvalue weighted by Gasteiger charge is -2.38. The van der Waals surface area contributed by atoms with E-state index in [1.54, 1.807) is 18.9 Å². The van der Waals surface area contributed by atoms with Gasteiger partial charge in [0.05, 0.1) is 6.04 Å². The molecule has 0 spiro atoms. The summed E-state index contributed by atoms with van der Waals surface area (Å²) in [5, 5.41) is 0. The largest absolute Gasteiger partial charge is 0.481 e. The van der Waals surface area contributed by atoms with Gasteiger partial charge in [-0.05, 0) is 66.8 Å². The third-order valence-electron chi connectivity index (χ3n) is 7.28. The number of carbonyl (C=O) groups excluding carboxylic acids is 2. The van der Waals surface area contributed by atoms with Gasteiger partial charge in [-0.3, -0.25) is 9.59 Å². The molecule has 0 aliphatic carbocycles. The first-order chi connectivity index (χ1) is 18.9. The molecule has 0 saturated carbocycles. The van der Waals surface area contributed by atoms with E-state index >= 15 is 0 Å². The summed E-state index contributed by atoms with van der Waals surface area (Å²) in [4.78, 5) is 30.5. The van der Waals surface area contributed by atoms with Crippen LogP contribution in [0.15, 0.2) is 103 Å². The third-order valence-corrected chi connectivity index (χ3v) is 7.28. The predicted molar refractivity (Wildman–Crippen MR) is 154 cm³/mol. The zero-order chi connectivity index (χ0) is 27.4. The Hall–Kier alpha value is -4.38. The molecule has 2 atom stereocenters. The topological polar surface area (TPSA) is 49.9 Å². The van der Waals surface area contributed by atoms with Gasteiger partial charge >= 0.3 is 0 Å². The van der Waals surface area contributed by atoms with Crippen LogP contribution in [-0.2, 0) is 17.8 Å². The third kappa shape index (κ3) is 5.88. The number of likely N-dealkylation sites (N-methyl/N-ethyl adjacent to an activating group) is 1. The molecule has 0 saturated heterocycles. The van der Waals surface area contributed by atoms with E-state index in [0.29, 0.717) is 24.4 Å². The molecular weight excluding hydrogens is 484 g/mol. The molecule has 1 heterocycles. The number of benzene rings is 4. The second kappa shape index (κ2) is 11.6. The number of fused-ring (bicyclic) bond motifs is 1. The number of nitrogens with zero attached hydrogens (tertiary/aromatic N) is 2. The molecule has 0 unspecified atom stereocenters. The number of aryl methyl sites for hydroxylation is 1. The monoisotopic (exact) mass is 518 g/mol. The Bertz CT molecular complexity index is 1450. The highest BCUT2D eigenvalue weighted by atomic mass is 16.5. The molecule has 0 bridgehead atoms. The first-order valence-corrected chi connectivity index (χ1v) is 13.4. The smallest absolute Gasteiger partial charge is 0.263 e. The maximum atomic E-state index is 13.7. The molecule has 4 aromatic carbocycles. The molecule has 1 aliphatic rings. The molecule has 5 nitrogen and oxygen atoms in total. The summed E-state index contributed by atoms with van der Waals surface area (Å²) < 4.78 is 6.19. The number of hydrogen-bond acceptors (Lipinski definition) is 3. The summed E-state index contributed by atoms with van der Waals surface area (Å²) >= 11 is 0. The summed E-state index contributed by atoms with van der Waals surface area (Å²) in [5.74, 6) is 0.534. The van der Waals surface area contributed by atoms with Crippen molar-refractivity contribution < 1.29 is 14.3 Å². The van der Waals surface area contributed by atoms with Crippen LogP contribution in [0.4, 0.5) is 0 Å². The highest BCUT2D eigenvalue weighted by molar-refractivity contribution is 5.95. The Kier molecular flexibility index (Phi) is 7.78. The van der Waals surface area contributed by atoms with Crippen LogP contribution in [0.2, 0.25) is 0 Å². The van der Waals surface area contributed by atoms with Gasteiger partial charge < -0.3 is 14.5 Å². The van der Waals surface area contributed by atoms with Gasteiger partial charge in [0.1, 0.15) is 5.75 Å².